The highest BCUT2D eigenvalue weighted by Crippen LogP contribution is 2.30. The normalized spacial score (nSPS) is 12.5. The lowest BCUT2D eigenvalue weighted by Gasteiger charge is -2.20. The van der Waals surface area contributed by atoms with Crippen molar-refractivity contribution < 1.29 is 4.39 Å². The zero-order chi connectivity index (χ0) is 14.0. The van der Waals surface area contributed by atoms with Crippen LogP contribution in [0.1, 0.15) is 28.3 Å². The van der Waals surface area contributed by atoms with Gasteiger partial charge in [0, 0.05) is 5.02 Å². The van der Waals surface area contributed by atoms with E-state index in [4.69, 9.17) is 17.4 Å². The fourth-order valence-corrected chi connectivity index (χ4v) is 2.52. The summed E-state index contributed by atoms with van der Waals surface area (Å²) in [5, 5.41) is 0.645. The quantitative estimate of drug-likeness (QED) is 0.664. The van der Waals surface area contributed by atoms with Crippen molar-refractivity contribution in [3.63, 3.8) is 0 Å². The SMILES string of the molecule is Cc1ccc(C(NN)c2ccc(F)cc2C)c(Cl)c1. The zero-order valence-corrected chi connectivity index (χ0v) is 11.6. The Balaban J connectivity index is 2.50. The van der Waals surface area contributed by atoms with Gasteiger partial charge in [0.05, 0.1) is 6.04 Å². The van der Waals surface area contributed by atoms with E-state index in [1.807, 2.05) is 32.0 Å². The fourth-order valence-electron chi connectivity index (χ4n) is 2.18. The summed E-state index contributed by atoms with van der Waals surface area (Å²) in [6.45, 7) is 3.83. The molecule has 0 radical (unpaired) electrons. The van der Waals surface area contributed by atoms with Crippen LogP contribution in [0.2, 0.25) is 5.02 Å². The summed E-state index contributed by atoms with van der Waals surface area (Å²) in [7, 11) is 0. The van der Waals surface area contributed by atoms with Crippen molar-refractivity contribution in [3.05, 3.63) is 69.5 Å². The van der Waals surface area contributed by atoms with Crippen LogP contribution in [0.15, 0.2) is 36.4 Å². The molecule has 100 valence electrons. The standard InChI is InChI=1S/C15H16ClFN2/c1-9-3-5-13(14(16)7-9)15(19-18)12-6-4-11(17)8-10(12)2/h3-8,15,19H,18H2,1-2H3. The average molecular weight is 279 g/mol. The lowest BCUT2D eigenvalue weighted by atomic mass is 9.95. The number of benzene rings is 2. The smallest absolute Gasteiger partial charge is 0.123 e. The summed E-state index contributed by atoms with van der Waals surface area (Å²) in [6, 6.07) is 10.2. The predicted octanol–water partition coefficient (Wildman–Crippen LogP) is 3.65. The average Bonchev–Trinajstić information content (AvgIpc) is 2.34. The molecule has 4 heteroatoms. The van der Waals surface area contributed by atoms with Gasteiger partial charge in [-0.1, -0.05) is 29.8 Å². The van der Waals surface area contributed by atoms with Crippen LogP contribution in [0.3, 0.4) is 0 Å². The van der Waals surface area contributed by atoms with Crippen LogP contribution in [0.5, 0.6) is 0 Å². The van der Waals surface area contributed by atoms with Gasteiger partial charge in [-0.2, -0.15) is 0 Å². The van der Waals surface area contributed by atoms with Crippen LogP contribution < -0.4 is 11.3 Å². The summed E-state index contributed by atoms with van der Waals surface area (Å²) < 4.78 is 13.2. The first-order valence-corrected chi connectivity index (χ1v) is 6.39. The molecular formula is C15H16ClFN2. The maximum Gasteiger partial charge on any atom is 0.123 e. The molecule has 1 atom stereocenters. The first-order chi connectivity index (χ1) is 9.02. The van der Waals surface area contributed by atoms with Crippen molar-refractivity contribution in [1.29, 1.82) is 0 Å². The second-order valence-corrected chi connectivity index (χ2v) is 5.03. The van der Waals surface area contributed by atoms with E-state index in [-0.39, 0.29) is 11.9 Å². The molecule has 2 nitrogen and oxygen atoms in total. The molecular weight excluding hydrogens is 263 g/mol. The molecule has 0 saturated heterocycles. The van der Waals surface area contributed by atoms with Crippen molar-refractivity contribution in [3.8, 4) is 0 Å². The number of rotatable bonds is 3. The van der Waals surface area contributed by atoms with Gasteiger partial charge in [-0.05, 0) is 54.3 Å². The fraction of sp³-hybridized carbons (Fsp3) is 0.200. The molecule has 19 heavy (non-hydrogen) atoms. The molecule has 0 heterocycles. The maximum absolute atomic E-state index is 13.2. The van der Waals surface area contributed by atoms with Gasteiger partial charge in [-0.25, -0.2) is 9.82 Å². The van der Waals surface area contributed by atoms with Crippen LogP contribution in [0.4, 0.5) is 4.39 Å². The van der Waals surface area contributed by atoms with Gasteiger partial charge in [0.15, 0.2) is 0 Å². The number of hydrazine groups is 1. The molecule has 0 spiro atoms. The van der Waals surface area contributed by atoms with Crippen molar-refractivity contribution in [2.75, 3.05) is 0 Å². The van der Waals surface area contributed by atoms with Crippen LogP contribution in [0.25, 0.3) is 0 Å². The number of nitrogens with one attached hydrogen (secondary N) is 1. The maximum atomic E-state index is 13.2. The number of aryl methyl sites for hydroxylation is 2. The van der Waals surface area contributed by atoms with E-state index < -0.39 is 0 Å². The van der Waals surface area contributed by atoms with Crippen molar-refractivity contribution in [1.82, 2.24) is 5.43 Å². The minimum absolute atomic E-state index is 0.256. The molecule has 3 N–H and O–H groups in total. The lowest BCUT2D eigenvalue weighted by molar-refractivity contribution is 0.612. The predicted molar refractivity (Wildman–Crippen MR) is 76.5 cm³/mol. The second kappa shape index (κ2) is 5.70. The minimum Gasteiger partial charge on any atom is -0.271 e. The van der Waals surface area contributed by atoms with Crippen molar-refractivity contribution in [2.45, 2.75) is 19.9 Å². The summed E-state index contributed by atoms with van der Waals surface area (Å²) >= 11 is 6.27. The van der Waals surface area contributed by atoms with E-state index >= 15 is 0 Å². The number of nitrogens with two attached hydrogens (primary N) is 1. The topological polar surface area (TPSA) is 38.0 Å². The van der Waals surface area contributed by atoms with Gasteiger partial charge in [-0.3, -0.25) is 5.84 Å². The molecule has 0 amide bonds. The Morgan fingerprint density at radius 2 is 1.79 bits per heavy atom. The molecule has 0 fully saturated rings. The third-order valence-electron chi connectivity index (χ3n) is 3.18. The van der Waals surface area contributed by atoms with Gasteiger partial charge in [0.25, 0.3) is 0 Å². The summed E-state index contributed by atoms with van der Waals surface area (Å²) in [4.78, 5) is 0. The first kappa shape index (κ1) is 14.0. The van der Waals surface area contributed by atoms with Crippen LogP contribution in [-0.4, -0.2) is 0 Å². The molecule has 0 aromatic heterocycles. The minimum atomic E-state index is -0.257. The third-order valence-corrected chi connectivity index (χ3v) is 3.50. The van der Waals surface area contributed by atoms with Gasteiger partial charge >= 0.3 is 0 Å². The number of hydrogen-bond acceptors (Lipinski definition) is 2. The molecule has 0 aliphatic carbocycles. The Bertz CT molecular complexity index is 547. The molecule has 1 unspecified atom stereocenters. The summed E-state index contributed by atoms with van der Waals surface area (Å²) in [5.41, 5.74) is 6.46. The monoisotopic (exact) mass is 278 g/mol. The van der Waals surface area contributed by atoms with Gasteiger partial charge < -0.3 is 0 Å². The van der Waals surface area contributed by atoms with Crippen LogP contribution in [-0.2, 0) is 0 Å². The van der Waals surface area contributed by atoms with E-state index in [1.54, 1.807) is 6.07 Å². The van der Waals surface area contributed by atoms with E-state index in [2.05, 4.69) is 5.43 Å². The van der Waals surface area contributed by atoms with E-state index in [0.717, 1.165) is 22.3 Å². The van der Waals surface area contributed by atoms with Crippen molar-refractivity contribution in [2.24, 2.45) is 5.84 Å². The van der Waals surface area contributed by atoms with E-state index in [9.17, 15) is 4.39 Å². The van der Waals surface area contributed by atoms with E-state index in [1.165, 1.54) is 12.1 Å². The molecule has 2 aromatic carbocycles. The molecule has 2 aromatic rings. The van der Waals surface area contributed by atoms with Crippen molar-refractivity contribution >= 4 is 11.6 Å². The Morgan fingerprint density at radius 3 is 2.37 bits per heavy atom. The largest absolute Gasteiger partial charge is 0.271 e. The molecule has 2 rings (SSSR count). The Hall–Kier alpha value is -1.42. The highest BCUT2D eigenvalue weighted by Gasteiger charge is 2.17. The molecule has 0 bridgehead atoms. The Kier molecular flexibility index (Phi) is 4.20. The number of hydrogen-bond donors (Lipinski definition) is 2. The van der Waals surface area contributed by atoms with Gasteiger partial charge in [-0.15, -0.1) is 0 Å². The van der Waals surface area contributed by atoms with Crippen LogP contribution in [0, 0.1) is 19.7 Å². The Labute approximate surface area is 117 Å². The zero-order valence-electron chi connectivity index (χ0n) is 10.9. The highest BCUT2D eigenvalue weighted by molar-refractivity contribution is 6.31. The number of halogens is 2. The van der Waals surface area contributed by atoms with Crippen LogP contribution >= 0.6 is 11.6 Å². The van der Waals surface area contributed by atoms with E-state index in [0.29, 0.717) is 5.02 Å². The summed E-state index contributed by atoms with van der Waals surface area (Å²) in [6.07, 6.45) is 0. The molecule has 0 saturated carbocycles. The highest BCUT2D eigenvalue weighted by atomic mass is 35.5. The first-order valence-electron chi connectivity index (χ1n) is 6.01. The lowest BCUT2D eigenvalue weighted by Crippen LogP contribution is -2.29. The van der Waals surface area contributed by atoms with Gasteiger partial charge in [0.1, 0.15) is 5.82 Å². The Morgan fingerprint density at radius 1 is 1.11 bits per heavy atom. The molecule has 0 aliphatic rings. The van der Waals surface area contributed by atoms with Gasteiger partial charge in [0.2, 0.25) is 0 Å². The second-order valence-electron chi connectivity index (χ2n) is 4.63. The summed E-state index contributed by atoms with van der Waals surface area (Å²) in [5.74, 6) is 5.39. The molecule has 0 aliphatic heterocycles. The third kappa shape index (κ3) is 2.95.